The average Bonchev–Trinajstić information content (AvgIpc) is 3.05. The first-order valence-electron chi connectivity index (χ1n) is 6.99. The molecule has 0 fully saturated rings. The summed E-state index contributed by atoms with van der Waals surface area (Å²) in [6.45, 7) is 0. The van der Waals surface area contributed by atoms with Crippen LogP contribution < -0.4 is 5.32 Å². The number of rotatable bonds is 5. The number of anilines is 1. The fourth-order valence-corrected chi connectivity index (χ4v) is 3.01. The van der Waals surface area contributed by atoms with Gasteiger partial charge in [0, 0.05) is 9.26 Å². The molecule has 3 rings (SSSR count). The number of nitrogens with one attached hydrogen (secondary N) is 2. The number of thioether (sulfide) groups is 1. The number of amides is 1. The van der Waals surface area contributed by atoms with Crippen LogP contribution in [0.5, 0.6) is 0 Å². The molecule has 0 aliphatic heterocycles. The van der Waals surface area contributed by atoms with Crippen LogP contribution in [0.4, 0.5) is 5.69 Å². The quantitative estimate of drug-likeness (QED) is 0.461. The van der Waals surface area contributed by atoms with Crippen molar-refractivity contribution in [2.24, 2.45) is 0 Å². The summed E-state index contributed by atoms with van der Waals surface area (Å²) >= 11 is 3.62. The highest BCUT2D eigenvalue weighted by Crippen LogP contribution is 2.21. The van der Waals surface area contributed by atoms with Crippen LogP contribution in [0.2, 0.25) is 0 Å². The van der Waals surface area contributed by atoms with E-state index in [2.05, 4.69) is 37.9 Å². The van der Waals surface area contributed by atoms with Crippen molar-refractivity contribution < 1.29 is 4.79 Å². The zero-order valence-electron chi connectivity index (χ0n) is 12.1. The third kappa shape index (κ3) is 4.59. The number of imidazole rings is 1. The SMILES string of the molecule is O=C(CSc1ncc(-c2ccccc2)[nH]1)Nc1ccc(I)cc1. The highest BCUT2D eigenvalue weighted by atomic mass is 127. The van der Waals surface area contributed by atoms with E-state index in [1.54, 1.807) is 6.20 Å². The summed E-state index contributed by atoms with van der Waals surface area (Å²) in [4.78, 5) is 19.5. The maximum Gasteiger partial charge on any atom is 0.234 e. The molecule has 4 nitrogen and oxygen atoms in total. The van der Waals surface area contributed by atoms with Crippen molar-refractivity contribution in [2.75, 3.05) is 11.1 Å². The molecule has 2 aromatic carbocycles. The summed E-state index contributed by atoms with van der Waals surface area (Å²) in [5.74, 6) is 0.266. The number of halogens is 1. The predicted molar refractivity (Wildman–Crippen MR) is 103 cm³/mol. The van der Waals surface area contributed by atoms with Crippen molar-refractivity contribution in [3.8, 4) is 11.3 Å². The number of aromatic nitrogens is 2. The topological polar surface area (TPSA) is 57.8 Å². The van der Waals surface area contributed by atoms with Crippen LogP contribution in [0.3, 0.4) is 0 Å². The Balaban J connectivity index is 1.55. The molecular formula is C17H14IN3OS. The lowest BCUT2D eigenvalue weighted by Crippen LogP contribution is -2.14. The van der Waals surface area contributed by atoms with Crippen molar-refractivity contribution in [1.82, 2.24) is 9.97 Å². The Kier molecular flexibility index (Phi) is 5.35. The Morgan fingerprint density at radius 3 is 2.61 bits per heavy atom. The summed E-state index contributed by atoms with van der Waals surface area (Å²) < 4.78 is 1.14. The molecule has 1 heterocycles. The van der Waals surface area contributed by atoms with Gasteiger partial charge in [-0.05, 0) is 52.4 Å². The number of aromatic amines is 1. The maximum atomic E-state index is 12.0. The lowest BCUT2D eigenvalue weighted by molar-refractivity contribution is -0.113. The van der Waals surface area contributed by atoms with E-state index >= 15 is 0 Å². The molecule has 116 valence electrons. The molecule has 0 radical (unpaired) electrons. The lowest BCUT2D eigenvalue weighted by atomic mass is 10.2. The third-order valence-electron chi connectivity index (χ3n) is 3.11. The lowest BCUT2D eigenvalue weighted by Gasteiger charge is -2.04. The summed E-state index contributed by atoms with van der Waals surface area (Å²) in [5, 5.41) is 3.61. The molecule has 0 spiro atoms. The Labute approximate surface area is 152 Å². The summed E-state index contributed by atoms with van der Waals surface area (Å²) in [5.41, 5.74) is 2.83. The van der Waals surface area contributed by atoms with Crippen LogP contribution >= 0.6 is 34.4 Å². The zero-order chi connectivity index (χ0) is 16.1. The molecule has 0 saturated heterocycles. The number of carbonyl (C=O) groups excluding carboxylic acids is 1. The highest BCUT2D eigenvalue weighted by molar-refractivity contribution is 14.1. The molecule has 1 amide bonds. The molecular weight excluding hydrogens is 421 g/mol. The van der Waals surface area contributed by atoms with Crippen molar-refractivity contribution in [3.05, 3.63) is 64.4 Å². The first kappa shape index (κ1) is 16.1. The molecule has 6 heteroatoms. The summed E-state index contributed by atoms with van der Waals surface area (Å²) in [6.07, 6.45) is 1.79. The van der Waals surface area contributed by atoms with E-state index < -0.39 is 0 Å². The molecule has 0 aliphatic carbocycles. The van der Waals surface area contributed by atoms with Gasteiger partial charge in [-0.1, -0.05) is 42.1 Å². The van der Waals surface area contributed by atoms with E-state index in [9.17, 15) is 4.79 Å². The minimum Gasteiger partial charge on any atom is -0.333 e. The van der Waals surface area contributed by atoms with Crippen LogP contribution in [-0.2, 0) is 4.79 Å². The van der Waals surface area contributed by atoms with E-state index in [-0.39, 0.29) is 5.91 Å². The molecule has 0 unspecified atom stereocenters. The van der Waals surface area contributed by atoms with Gasteiger partial charge in [-0.15, -0.1) is 0 Å². The van der Waals surface area contributed by atoms with Crippen LogP contribution in [-0.4, -0.2) is 21.6 Å². The normalized spacial score (nSPS) is 10.5. The number of H-pyrrole nitrogens is 1. The molecule has 3 aromatic rings. The second-order valence-electron chi connectivity index (χ2n) is 4.81. The highest BCUT2D eigenvalue weighted by Gasteiger charge is 2.07. The monoisotopic (exact) mass is 435 g/mol. The van der Waals surface area contributed by atoms with E-state index in [4.69, 9.17) is 0 Å². The second kappa shape index (κ2) is 7.65. The van der Waals surface area contributed by atoms with Gasteiger partial charge in [0.05, 0.1) is 17.6 Å². The number of hydrogen-bond acceptors (Lipinski definition) is 3. The van der Waals surface area contributed by atoms with Crippen LogP contribution in [0, 0.1) is 3.57 Å². The van der Waals surface area contributed by atoms with Crippen molar-refractivity contribution >= 4 is 45.9 Å². The number of hydrogen-bond donors (Lipinski definition) is 2. The minimum atomic E-state index is -0.0473. The molecule has 0 aliphatic rings. The van der Waals surface area contributed by atoms with E-state index in [1.165, 1.54) is 11.8 Å². The van der Waals surface area contributed by atoms with Gasteiger partial charge in [0.1, 0.15) is 0 Å². The maximum absolute atomic E-state index is 12.0. The Bertz CT molecular complexity index is 787. The van der Waals surface area contributed by atoms with Gasteiger partial charge < -0.3 is 10.3 Å². The van der Waals surface area contributed by atoms with Crippen LogP contribution in [0.15, 0.2) is 66.0 Å². The van der Waals surface area contributed by atoms with Crippen molar-refractivity contribution in [1.29, 1.82) is 0 Å². The molecule has 2 N–H and O–H groups in total. The van der Waals surface area contributed by atoms with E-state index in [0.717, 1.165) is 25.7 Å². The first-order chi connectivity index (χ1) is 11.2. The predicted octanol–water partition coefficient (Wildman–Crippen LogP) is 4.41. The Morgan fingerprint density at radius 1 is 1.13 bits per heavy atom. The van der Waals surface area contributed by atoms with Gasteiger partial charge in [-0.25, -0.2) is 4.98 Å². The zero-order valence-corrected chi connectivity index (χ0v) is 15.1. The van der Waals surface area contributed by atoms with Gasteiger partial charge in [0.2, 0.25) is 5.91 Å². The van der Waals surface area contributed by atoms with Crippen molar-refractivity contribution in [2.45, 2.75) is 5.16 Å². The van der Waals surface area contributed by atoms with Gasteiger partial charge in [-0.3, -0.25) is 4.79 Å². The Hall–Kier alpha value is -1.80. The fraction of sp³-hybridized carbons (Fsp3) is 0.0588. The summed E-state index contributed by atoms with van der Waals surface area (Å²) in [6, 6.07) is 17.7. The summed E-state index contributed by atoms with van der Waals surface area (Å²) in [7, 11) is 0. The fourth-order valence-electron chi connectivity index (χ4n) is 2.00. The smallest absolute Gasteiger partial charge is 0.234 e. The largest absolute Gasteiger partial charge is 0.333 e. The van der Waals surface area contributed by atoms with Gasteiger partial charge in [0.25, 0.3) is 0 Å². The van der Waals surface area contributed by atoms with Gasteiger partial charge in [0.15, 0.2) is 5.16 Å². The second-order valence-corrected chi connectivity index (χ2v) is 7.02. The molecule has 1 aromatic heterocycles. The van der Waals surface area contributed by atoms with Gasteiger partial charge in [-0.2, -0.15) is 0 Å². The van der Waals surface area contributed by atoms with Crippen LogP contribution in [0.1, 0.15) is 0 Å². The van der Waals surface area contributed by atoms with Crippen molar-refractivity contribution in [3.63, 3.8) is 0 Å². The molecule has 0 bridgehead atoms. The average molecular weight is 435 g/mol. The standard InChI is InChI=1S/C17H14IN3OS/c18-13-6-8-14(9-7-13)20-16(22)11-23-17-19-10-15(21-17)12-4-2-1-3-5-12/h1-10H,11H2,(H,19,21)(H,20,22). The number of benzene rings is 2. The molecule has 0 saturated carbocycles. The third-order valence-corrected chi connectivity index (χ3v) is 4.71. The van der Waals surface area contributed by atoms with E-state index in [0.29, 0.717) is 5.75 Å². The van der Waals surface area contributed by atoms with Gasteiger partial charge >= 0.3 is 0 Å². The molecule has 0 atom stereocenters. The molecule has 23 heavy (non-hydrogen) atoms. The minimum absolute atomic E-state index is 0.0473. The number of nitrogens with zero attached hydrogens (tertiary/aromatic N) is 1. The Morgan fingerprint density at radius 2 is 1.87 bits per heavy atom. The van der Waals surface area contributed by atoms with Crippen LogP contribution in [0.25, 0.3) is 11.3 Å². The number of carbonyl (C=O) groups is 1. The first-order valence-corrected chi connectivity index (χ1v) is 9.06. The van der Waals surface area contributed by atoms with E-state index in [1.807, 2.05) is 54.6 Å².